The summed E-state index contributed by atoms with van der Waals surface area (Å²) in [4.78, 5) is 15.7. The first-order valence-electron chi connectivity index (χ1n) is 8.96. The van der Waals surface area contributed by atoms with Crippen LogP contribution < -0.4 is 5.32 Å². The van der Waals surface area contributed by atoms with Crippen molar-refractivity contribution in [2.75, 3.05) is 5.32 Å². The molecule has 0 aromatic carbocycles. The molecule has 0 amide bonds. The fourth-order valence-corrected chi connectivity index (χ4v) is 2.89. The summed E-state index contributed by atoms with van der Waals surface area (Å²) in [6, 6.07) is 5.38. The number of aryl methyl sites for hydroxylation is 2. The first-order valence-corrected chi connectivity index (χ1v) is 8.96. The van der Waals surface area contributed by atoms with Gasteiger partial charge in [-0.25, -0.2) is 19.6 Å². The quantitative estimate of drug-likeness (QED) is 0.514. The smallest absolute Gasteiger partial charge is 0.345 e. The Bertz CT molecular complexity index is 1180. The molecule has 0 spiro atoms. The van der Waals surface area contributed by atoms with Gasteiger partial charge in [0.2, 0.25) is 0 Å². The summed E-state index contributed by atoms with van der Waals surface area (Å²) in [6.07, 6.45) is 0.122. The van der Waals surface area contributed by atoms with Crippen LogP contribution in [0.1, 0.15) is 22.6 Å². The SMILES string of the molecule is Cc1cc(Nc2cc(C(F)(F)F)ccn2)nc(-c2cn(Cc3cnc(C)[nH]3)nn2)c1. The third kappa shape index (κ3) is 4.45. The number of imidazole rings is 1. The largest absolute Gasteiger partial charge is 0.416 e. The Morgan fingerprint density at radius 1 is 1.07 bits per heavy atom. The van der Waals surface area contributed by atoms with Crippen molar-refractivity contribution < 1.29 is 13.2 Å². The molecule has 4 aromatic rings. The molecule has 11 heteroatoms. The van der Waals surface area contributed by atoms with Gasteiger partial charge in [0.25, 0.3) is 0 Å². The van der Waals surface area contributed by atoms with Crippen molar-refractivity contribution in [3.05, 3.63) is 65.5 Å². The minimum atomic E-state index is -4.45. The third-order valence-corrected chi connectivity index (χ3v) is 4.20. The molecule has 30 heavy (non-hydrogen) atoms. The summed E-state index contributed by atoms with van der Waals surface area (Å²) in [5, 5.41) is 11.1. The van der Waals surface area contributed by atoms with Crippen LogP contribution in [0.5, 0.6) is 0 Å². The minimum absolute atomic E-state index is 0.0483. The maximum Gasteiger partial charge on any atom is 0.416 e. The number of hydrogen-bond donors (Lipinski definition) is 2. The average Bonchev–Trinajstić information content (AvgIpc) is 3.30. The summed E-state index contributed by atoms with van der Waals surface area (Å²) in [7, 11) is 0. The summed E-state index contributed by atoms with van der Waals surface area (Å²) in [5.41, 5.74) is 2.03. The van der Waals surface area contributed by atoms with Gasteiger partial charge in [-0.3, -0.25) is 0 Å². The van der Waals surface area contributed by atoms with Gasteiger partial charge in [-0.1, -0.05) is 5.21 Å². The molecule has 0 aliphatic rings. The van der Waals surface area contributed by atoms with Crippen LogP contribution >= 0.6 is 0 Å². The van der Waals surface area contributed by atoms with Crippen LogP contribution in [0, 0.1) is 13.8 Å². The van der Waals surface area contributed by atoms with E-state index >= 15 is 0 Å². The van der Waals surface area contributed by atoms with Crippen molar-refractivity contribution >= 4 is 11.6 Å². The van der Waals surface area contributed by atoms with Gasteiger partial charge >= 0.3 is 6.18 Å². The minimum Gasteiger partial charge on any atom is -0.345 e. The molecular weight excluding hydrogens is 397 g/mol. The van der Waals surface area contributed by atoms with Gasteiger partial charge in [0.1, 0.15) is 23.2 Å². The number of nitrogens with zero attached hydrogens (tertiary/aromatic N) is 6. The Hall–Kier alpha value is -3.76. The standard InChI is InChI=1S/C19H17F3N8/c1-11-5-15(16-10-30(29-28-16)9-14-8-24-12(2)25-14)26-18(6-11)27-17-7-13(3-4-23-17)19(20,21)22/h3-8,10H,9H2,1-2H3,(H,24,25)(H,23,26,27). The van der Waals surface area contributed by atoms with Crippen molar-refractivity contribution in [1.29, 1.82) is 0 Å². The van der Waals surface area contributed by atoms with Crippen LogP contribution in [0.2, 0.25) is 0 Å². The topological polar surface area (TPSA) is 97.2 Å². The molecule has 0 aliphatic heterocycles. The van der Waals surface area contributed by atoms with Crippen LogP contribution in [0.4, 0.5) is 24.8 Å². The van der Waals surface area contributed by atoms with E-state index in [4.69, 9.17) is 0 Å². The molecule has 0 saturated carbocycles. The lowest BCUT2D eigenvalue weighted by atomic mass is 10.2. The Morgan fingerprint density at radius 2 is 1.90 bits per heavy atom. The van der Waals surface area contributed by atoms with Crippen LogP contribution in [0.25, 0.3) is 11.4 Å². The van der Waals surface area contributed by atoms with Crippen LogP contribution in [-0.4, -0.2) is 34.9 Å². The summed E-state index contributed by atoms with van der Waals surface area (Å²) >= 11 is 0. The predicted molar refractivity (Wildman–Crippen MR) is 103 cm³/mol. The number of aromatic amines is 1. The van der Waals surface area contributed by atoms with Crippen LogP contribution in [-0.2, 0) is 12.7 Å². The first-order chi connectivity index (χ1) is 14.3. The lowest BCUT2D eigenvalue weighted by molar-refractivity contribution is -0.137. The van der Waals surface area contributed by atoms with E-state index in [1.54, 1.807) is 23.1 Å². The summed E-state index contributed by atoms with van der Waals surface area (Å²) in [5.74, 6) is 1.22. The molecule has 0 radical (unpaired) electrons. The highest BCUT2D eigenvalue weighted by molar-refractivity contribution is 5.61. The molecule has 0 saturated heterocycles. The number of anilines is 2. The second kappa shape index (κ2) is 7.58. The molecule has 0 aliphatic carbocycles. The van der Waals surface area contributed by atoms with E-state index in [0.717, 1.165) is 35.4 Å². The van der Waals surface area contributed by atoms with E-state index in [0.29, 0.717) is 23.8 Å². The highest BCUT2D eigenvalue weighted by atomic mass is 19.4. The van der Waals surface area contributed by atoms with E-state index in [1.165, 1.54) is 0 Å². The third-order valence-electron chi connectivity index (χ3n) is 4.20. The van der Waals surface area contributed by atoms with E-state index in [1.807, 2.05) is 19.9 Å². The average molecular weight is 414 g/mol. The van der Waals surface area contributed by atoms with E-state index in [2.05, 4.69) is 35.6 Å². The zero-order valence-corrected chi connectivity index (χ0v) is 16.1. The Morgan fingerprint density at radius 3 is 2.63 bits per heavy atom. The molecule has 4 aromatic heterocycles. The molecule has 4 rings (SSSR count). The molecule has 154 valence electrons. The van der Waals surface area contributed by atoms with Gasteiger partial charge in [0, 0.05) is 6.20 Å². The highest BCUT2D eigenvalue weighted by Crippen LogP contribution is 2.30. The number of pyridine rings is 2. The maximum atomic E-state index is 12.9. The van der Waals surface area contributed by atoms with E-state index in [-0.39, 0.29) is 5.82 Å². The lowest BCUT2D eigenvalue weighted by Gasteiger charge is -2.10. The van der Waals surface area contributed by atoms with E-state index < -0.39 is 11.7 Å². The monoisotopic (exact) mass is 414 g/mol. The lowest BCUT2D eigenvalue weighted by Crippen LogP contribution is -2.06. The summed E-state index contributed by atoms with van der Waals surface area (Å²) in [6.45, 7) is 4.19. The second-order valence-corrected chi connectivity index (χ2v) is 6.76. The number of halogens is 3. The number of H-pyrrole nitrogens is 1. The fourth-order valence-electron chi connectivity index (χ4n) is 2.89. The van der Waals surface area contributed by atoms with Gasteiger partial charge in [-0.2, -0.15) is 13.2 Å². The number of alkyl halides is 3. The van der Waals surface area contributed by atoms with E-state index in [9.17, 15) is 13.2 Å². The van der Waals surface area contributed by atoms with Gasteiger partial charge < -0.3 is 10.3 Å². The molecule has 4 heterocycles. The van der Waals surface area contributed by atoms with Gasteiger partial charge in [-0.05, 0) is 43.7 Å². The highest BCUT2D eigenvalue weighted by Gasteiger charge is 2.30. The molecule has 2 N–H and O–H groups in total. The van der Waals surface area contributed by atoms with Crippen molar-refractivity contribution in [3.8, 4) is 11.4 Å². The van der Waals surface area contributed by atoms with Crippen LogP contribution in [0.15, 0.2) is 42.9 Å². The second-order valence-electron chi connectivity index (χ2n) is 6.76. The van der Waals surface area contributed by atoms with Crippen LogP contribution in [0.3, 0.4) is 0 Å². The van der Waals surface area contributed by atoms with Crippen molar-refractivity contribution in [1.82, 2.24) is 34.9 Å². The fraction of sp³-hybridized carbons (Fsp3) is 0.211. The molecule has 0 fully saturated rings. The number of hydrogen-bond acceptors (Lipinski definition) is 6. The van der Waals surface area contributed by atoms with Gasteiger partial charge in [-0.15, -0.1) is 5.10 Å². The maximum absolute atomic E-state index is 12.9. The van der Waals surface area contributed by atoms with Crippen molar-refractivity contribution in [2.24, 2.45) is 0 Å². The predicted octanol–water partition coefficient (Wildman–Crippen LogP) is 3.89. The number of aromatic nitrogens is 7. The molecule has 0 atom stereocenters. The zero-order chi connectivity index (χ0) is 21.3. The molecule has 0 unspecified atom stereocenters. The Balaban J connectivity index is 1.57. The summed E-state index contributed by atoms with van der Waals surface area (Å²) < 4.78 is 40.4. The Labute approximate surface area is 169 Å². The first kappa shape index (κ1) is 19.6. The van der Waals surface area contributed by atoms with Gasteiger partial charge in [0.05, 0.1) is 35.9 Å². The van der Waals surface area contributed by atoms with Gasteiger partial charge in [0.15, 0.2) is 0 Å². The van der Waals surface area contributed by atoms with Crippen molar-refractivity contribution in [2.45, 2.75) is 26.6 Å². The normalized spacial score (nSPS) is 11.6. The Kier molecular flexibility index (Phi) is 4.94. The molecular formula is C19H17F3N8. The number of nitrogens with one attached hydrogen (secondary N) is 2. The van der Waals surface area contributed by atoms with Crippen molar-refractivity contribution in [3.63, 3.8) is 0 Å². The number of rotatable bonds is 5. The molecule has 8 nitrogen and oxygen atoms in total. The molecule has 0 bridgehead atoms. The zero-order valence-electron chi connectivity index (χ0n) is 16.1.